The Kier molecular flexibility index (Phi) is 3.57. The van der Waals surface area contributed by atoms with Gasteiger partial charge in [0.15, 0.2) is 5.76 Å². The third kappa shape index (κ3) is 2.46. The first-order valence-electron chi connectivity index (χ1n) is 7.83. The summed E-state index contributed by atoms with van der Waals surface area (Å²) in [6.45, 7) is 1.47. The Labute approximate surface area is 139 Å². The van der Waals surface area contributed by atoms with Gasteiger partial charge in [0.1, 0.15) is 5.75 Å². The summed E-state index contributed by atoms with van der Waals surface area (Å²) in [7, 11) is 1.64. The van der Waals surface area contributed by atoms with Gasteiger partial charge < -0.3 is 13.7 Å². The van der Waals surface area contributed by atoms with Gasteiger partial charge in [-0.05, 0) is 30.7 Å². The Morgan fingerprint density at radius 1 is 1.25 bits per heavy atom. The fourth-order valence-corrected chi connectivity index (χ4v) is 2.93. The molecule has 0 aliphatic carbocycles. The van der Waals surface area contributed by atoms with Gasteiger partial charge >= 0.3 is 0 Å². The number of hydrogen-bond acceptors (Lipinski definition) is 4. The largest absolute Gasteiger partial charge is 0.497 e. The lowest BCUT2D eigenvalue weighted by atomic mass is 10.1. The number of methoxy groups -OCH3 is 1. The average Bonchev–Trinajstić information content (AvgIpc) is 3.30. The molecule has 0 bridgehead atoms. The molecule has 2 aromatic heterocycles. The van der Waals surface area contributed by atoms with Crippen molar-refractivity contribution in [2.75, 3.05) is 18.6 Å². The minimum Gasteiger partial charge on any atom is -0.497 e. The first-order valence-corrected chi connectivity index (χ1v) is 7.83. The molecule has 1 amide bonds. The number of ether oxygens (including phenoxy) is 1. The van der Waals surface area contributed by atoms with Crippen molar-refractivity contribution in [2.45, 2.75) is 13.0 Å². The Balaban J connectivity index is 1.71. The number of carbonyl (C=O) groups is 1. The zero-order chi connectivity index (χ0) is 16.5. The molecule has 1 aliphatic rings. The highest BCUT2D eigenvalue weighted by Crippen LogP contribution is 2.29. The molecule has 24 heavy (non-hydrogen) atoms. The van der Waals surface area contributed by atoms with E-state index in [-0.39, 0.29) is 5.91 Å². The van der Waals surface area contributed by atoms with Crippen molar-refractivity contribution >= 4 is 11.9 Å². The van der Waals surface area contributed by atoms with E-state index in [1.54, 1.807) is 24.1 Å². The van der Waals surface area contributed by atoms with E-state index in [2.05, 4.69) is 4.98 Å². The van der Waals surface area contributed by atoms with Gasteiger partial charge in [-0.25, -0.2) is 4.98 Å². The van der Waals surface area contributed by atoms with Crippen LogP contribution in [0, 0.1) is 0 Å². The molecule has 1 aliphatic heterocycles. The molecule has 122 valence electrons. The number of amides is 1. The Hall–Kier alpha value is -3.02. The summed E-state index contributed by atoms with van der Waals surface area (Å²) in [6.07, 6.45) is 4.37. The van der Waals surface area contributed by atoms with Gasteiger partial charge in [0.25, 0.3) is 5.91 Å². The number of hydrogen-bond donors (Lipinski definition) is 0. The van der Waals surface area contributed by atoms with Crippen LogP contribution in [0.5, 0.6) is 5.75 Å². The number of nitrogens with zero attached hydrogens (tertiary/aromatic N) is 3. The standard InChI is InChI=1S/C18H17N3O3/c1-23-14-6-2-5-13(11-14)15-12-20-8-4-9-21(18(20)19-15)17(22)16-7-3-10-24-16/h2-3,5-7,10-12H,4,8-9H2,1H3. The fraction of sp³-hybridized carbons (Fsp3) is 0.222. The van der Waals surface area contributed by atoms with Crippen molar-refractivity contribution in [1.29, 1.82) is 0 Å². The van der Waals surface area contributed by atoms with Crippen molar-refractivity contribution in [1.82, 2.24) is 9.55 Å². The summed E-state index contributed by atoms with van der Waals surface area (Å²) in [5.41, 5.74) is 1.78. The molecule has 0 N–H and O–H groups in total. The van der Waals surface area contributed by atoms with Gasteiger partial charge in [0, 0.05) is 24.8 Å². The summed E-state index contributed by atoms with van der Waals surface area (Å²) in [6, 6.07) is 11.1. The van der Waals surface area contributed by atoms with Crippen LogP contribution in [-0.2, 0) is 6.54 Å². The molecule has 3 aromatic rings. The number of fused-ring (bicyclic) bond motifs is 1. The van der Waals surface area contributed by atoms with Crippen LogP contribution in [0.2, 0.25) is 0 Å². The van der Waals surface area contributed by atoms with E-state index in [0.717, 1.165) is 30.0 Å². The summed E-state index contributed by atoms with van der Waals surface area (Å²) >= 11 is 0. The molecule has 6 heteroatoms. The quantitative estimate of drug-likeness (QED) is 0.742. The number of anilines is 1. The molecule has 4 rings (SSSR count). The topological polar surface area (TPSA) is 60.5 Å². The van der Waals surface area contributed by atoms with Crippen LogP contribution < -0.4 is 9.64 Å². The van der Waals surface area contributed by atoms with Crippen LogP contribution in [0.15, 0.2) is 53.3 Å². The molecule has 0 unspecified atom stereocenters. The van der Waals surface area contributed by atoms with Crippen molar-refractivity contribution < 1.29 is 13.9 Å². The predicted molar refractivity (Wildman–Crippen MR) is 89.2 cm³/mol. The molecule has 0 fully saturated rings. The highest BCUT2D eigenvalue weighted by Gasteiger charge is 2.27. The molecule has 3 heterocycles. The molecule has 0 radical (unpaired) electrons. The molecule has 6 nitrogen and oxygen atoms in total. The van der Waals surface area contributed by atoms with Crippen LogP contribution in [-0.4, -0.2) is 29.1 Å². The van der Waals surface area contributed by atoms with Crippen molar-refractivity contribution in [3.05, 3.63) is 54.6 Å². The van der Waals surface area contributed by atoms with E-state index in [9.17, 15) is 4.79 Å². The van der Waals surface area contributed by atoms with Gasteiger partial charge in [-0.3, -0.25) is 9.69 Å². The number of imidazole rings is 1. The summed E-state index contributed by atoms with van der Waals surface area (Å²) in [5, 5.41) is 0. The highest BCUT2D eigenvalue weighted by atomic mass is 16.5. The van der Waals surface area contributed by atoms with E-state index in [0.29, 0.717) is 18.3 Å². The first-order chi connectivity index (χ1) is 11.8. The minimum absolute atomic E-state index is 0.163. The van der Waals surface area contributed by atoms with Crippen LogP contribution in [0.3, 0.4) is 0 Å². The Morgan fingerprint density at radius 2 is 2.17 bits per heavy atom. The SMILES string of the molecule is COc1cccc(-c2cn3c(n2)N(C(=O)c2ccco2)CCC3)c1. The third-order valence-corrected chi connectivity index (χ3v) is 4.12. The molecule has 0 saturated heterocycles. The number of aromatic nitrogens is 2. The van der Waals surface area contributed by atoms with Gasteiger partial charge in [0.05, 0.1) is 19.1 Å². The average molecular weight is 323 g/mol. The number of furan rings is 1. The minimum atomic E-state index is -0.163. The predicted octanol–water partition coefficient (Wildman–Crippen LogP) is 3.20. The monoisotopic (exact) mass is 323 g/mol. The maximum atomic E-state index is 12.6. The normalized spacial score (nSPS) is 13.6. The van der Waals surface area contributed by atoms with Gasteiger partial charge in [0.2, 0.25) is 5.95 Å². The highest BCUT2D eigenvalue weighted by molar-refractivity contribution is 6.03. The van der Waals surface area contributed by atoms with E-state index in [1.165, 1.54) is 6.26 Å². The number of aryl methyl sites for hydroxylation is 1. The van der Waals surface area contributed by atoms with Crippen LogP contribution >= 0.6 is 0 Å². The van der Waals surface area contributed by atoms with E-state index in [4.69, 9.17) is 9.15 Å². The van der Waals surface area contributed by atoms with Crippen molar-refractivity contribution in [3.63, 3.8) is 0 Å². The third-order valence-electron chi connectivity index (χ3n) is 4.12. The maximum Gasteiger partial charge on any atom is 0.296 e. The zero-order valence-corrected chi connectivity index (χ0v) is 13.3. The number of rotatable bonds is 3. The summed E-state index contributed by atoms with van der Waals surface area (Å²) < 4.78 is 12.5. The zero-order valence-electron chi connectivity index (χ0n) is 13.3. The van der Waals surface area contributed by atoms with Crippen LogP contribution in [0.4, 0.5) is 5.95 Å². The van der Waals surface area contributed by atoms with Gasteiger partial charge in [-0.2, -0.15) is 0 Å². The molecule has 0 atom stereocenters. The van der Waals surface area contributed by atoms with E-state index < -0.39 is 0 Å². The van der Waals surface area contributed by atoms with Crippen LogP contribution in [0.25, 0.3) is 11.3 Å². The lowest BCUT2D eigenvalue weighted by Gasteiger charge is -2.26. The fourth-order valence-electron chi connectivity index (χ4n) is 2.93. The van der Waals surface area contributed by atoms with E-state index >= 15 is 0 Å². The lowest BCUT2D eigenvalue weighted by molar-refractivity contribution is 0.0954. The second kappa shape index (κ2) is 5.88. The molecular formula is C18H17N3O3. The molecular weight excluding hydrogens is 306 g/mol. The van der Waals surface area contributed by atoms with Gasteiger partial charge in [-0.1, -0.05) is 12.1 Å². The number of carbonyl (C=O) groups excluding carboxylic acids is 1. The van der Waals surface area contributed by atoms with Crippen molar-refractivity contribution in [3.8, 4) is 17.0 Å². The Morgan fingerprint density at radius 3 is 2.96 bits per heavy atom. The second-order valence-corrected chi connectivity index (χ2v) is 5.64. The smallest absolute Gasteiger partial charge is 0.296 e. The molecule has 0 spiro atoms. The van der Waals surface area contributed by atoms with E-state index in [1.807, 2.05) is 35.0 Å². The maximum absolute atomic E-state index is 12.6. The summed E-state index contributed by atoms with van der Waals surface area (Å²) in [5.74, 6) is 1.60. The number of benzene rings is 1. The summed E-state index contributed by atoms with van der Waals surface area (Å²) in [4.78, 5) is 19.0. The molecule has 0 saturated carbocycles. The molecule has 1 aromatic carbocycles. The first kappa shape index (κ1) is 14.6. The second-order valence-electron chi connectivity index (χ2n) is 5.64. The lowest BCUT2D eigenvalue weighted by Crippen LogP contribution is -2.37. The van der Waals surface area contributed by atoms with Gasteiger partial charge in [-0.15, -0.1) is 0 Å². The Bertz CT molecular complexity index is 868. The van der Waals surface area contributed by atoms with Crippen LogP contribution in [0.1, 0.15) is 17.0 Å². The van der Waals surface area contributed by atoms with Crippen molar-refractivity contribution in [2.24, 2.45) is 0 Å².